The lowest BCUT2D eigenvalue weighted by atomic mass is 10.3. The number of rotatable bonds is 3. The van der Waals surface area contributed by atoms with E-state index in [-0.39, 0.29) is 0 Å². The molecule has 0 aliphatic heterocycles. The van der Waals surface area contributed by atoms with Crippen molar-refractivity contribution in [3.63, 3.8) is 0 Å². The zero-order valence-electron chi connectivity index (χ0n) is 7.36. The Morgan fingerprint density at radius 2 is 2.23 bits per heavy atom. The highest BCUT2D eigenvalue weighted by atomic mass is 16.5. The van der Waals surface area contributed by atoms with Gasteiger partial charge in [0.1, 0.15) is 11.6 Å². The maximum Gasteiger partial charge on any atom is 0.127 e. The van der Waals surface area contributed by atoms with Crippen LogP contribution in [0.1, 0.15) is 18.5 Å². The minimum Gasteiger partial charge on any atom is -0.490 e. The summed E-state index contributed by atoms with van der Waals surface area (Å²) in [4.78, 5) is 4.05. The summed E-state index contributed by atoms with van der Waals surface area (Å²) in [6, 6.07) is 3.58. The zero-order valence-corrected chi connectivity index (χ0v) is 7.36. The first-order valence-corrected chi connectivity index (χ1v) is 4.41. The van der Waals surface area contributed by atoms with Gasteiger partial charge in [-0.15, -0.1) is 0 Å². The summed E-state index contributed by atoms with van der Waals surface area (Å²) in [6.45, 7) is 0.395. The van der Waals surface area contributed by atoms with Crippen LogP contribution in [0.5, 0.6) is 5.75 Å². The Balaban J connectivity index is 2.17. The van der Waals surface area contributed by atoms with E-state index in [1.165, 1.54) is 0 Å². The molecule has 1 aromatic rings. The molecule has 13 heavy (non-hydrogen) atoms. The predicted molar refractivity (Wildman–Crippen MR) is 50.2 cm³/mol. The van der Waals surface area contributed by atoms with Crippen molar-refractivity contribution in [3.8, 4) is 5.75 Å². The van der Waals surface area contributed by atoms with E-state index in [2.05, 4.69) is 4.98 Å². The molecule has 0 unspecified atom stereocenters. The second-order valence-corrected chi connectivity index (χ2v) is 3.24. The fraction of sp³-hybridized carbons (Fsp3) is 0.444. The van der Waals surface area contributed by atoms with Gasteiger partial charge in [0.25, 0.3) is 0 Å². The van der Waals surface area contributed by atoms with Gasteiger partial charge in [0.05, 0.1) is 11.8 Å². The van der Waals surface area contributed by atoms with Gasteiger partial charge in [-0.25, -0.2) is 4.98 Å². The standard InChI is InChI=1S/C9H13N3O/c10-5-6-3-8(4-9(11)12-6)13-7-1-2-7/h3-4,7H,1-2,5,10H2,(H2,11,12). The van der Waals surface area contributed by atoms with Crippen LogP contribution in [0.4, 0.5) is 5.82 Å². The first-order chi connectivity index (χ1) is 6.28. The molecule has 4 N–H and O–H groups in total. The Kier molecular flexibility index (Phi) is 2.06. The lowest BCUT2D eigenvalue weighted by Gasteiger charge is -2.06. The van der Waals surface area contributed by atoms with Crippen molar-refractivity contribution in [1.82, 2.24) is 4.98 Å². The SMILES string of the molecule is NCc1cc(OC2CC2)cc(N)n1. The van der Waals surface area contributed by atoms with Gasteiger partial charge in [0, 0.05) is 18.7 Å². The van der Waals surface area contributed by atoms with Gasteiger partial charge in [-0.3, -0.25) is 0 Å². The Labute approximate surface area is 76.9 Å². The topological polar surface area (TPSA) is 74.2 Å². The van der Waals surface area contributed by atoms with Crippen LogP contribution in [0.3, 0.4) is 0 Å². The van der Waals surface area contributed by atoms with Gasteiger partial charge in [-0.1, -0.05) is 0 Å². The molecule has 2 rings (SSSR count). The number of aromatic nitrogens is 1. The molecule has 70 valence electrons. The van der Waals surface area contributed by atoms with Crippen LogP contribution in [0.25, 0.3) is 0 Å². The van der Waals surface area contributed by atoms with E-state index >= 15 is 0 Å². The summed E-state index contributed by atoms with van der Waals surface area (Å²) in [5.41, 5.74) is 11.8. The minimum atomic E-state index is 0.382. The van der Waals surface area contributed by atoms with Crippen LogP contribution < -0.4 is 16.2 Å². The molecule has 0 aromatic carbocycles. The quantitative estimate of drug-likeness (QED) is 0.715. The highest BCUT2D eigenvalue weighted by Gasteiger charge is 2.23. The lowest BCUT2D eigenvalue weighted by Crippen LogP contribution is -2.04. The average Bonchev–Trinajstić information content (AvgIpc) is 2.87. The van der Waals surface area contributed by atoms with Crippen LogP contribution in [0.2, 0.25) is 0 Å². The number of nitrogens with zero attached hydrogens (tertiary/aromatic N) is 1. The summed E-state index contributed by atoms with van der Waals surface area (Å²) in [7, 11) is 0. The van der Waals surface area contributed by atoms with Crippen LogP contribution in [-0.4, -0.2) is 11.1 Å². The van der Waals surface area contributed by atoms with E-state index in [0.29, 0.717) is 18.5 Å². The molecule has 0 saturated heterocycles. The monoisotopic (exact) mass is 179 g/mol. The van der Waals surface area contributed by atoms with Crippen molar-refractivity contribution >= 4 is 5.82 Å². The van der Waals surface area contributed by atoms with Crippen LogP contribution in [0, 0.1) is 0 Å². The first kappa shape index (κ1) is 8.31. The maximum atomic E-state index is 5.58. The molecular weight excluding hydrogens is 166 g/mol. The van der Waals surface area contributed by atoms with Gasteiger partial charge in [0.15, 0.2) is 0 Å². The smallest absolute Gasteiger partial charge is 0.127 e. The second kappa shape index (κ2) is 3.22. The van der Waals surface area contributed by atoms with E-state index in [1.54, 1.807) is 6.07 Å². The first-order valence-electron chi connectivity index (χ1n) is 4.41. The largest absolute Gasteiger partial charge is 0.490 e. The second-order valence-electron chi connectivity index (χ2n) is 3.24. The molecule has 0 amide bonds. The predicted octanol–water partition coefficient (Wildman–Crippen LogP) is 0.664. The van der Waals surface area contributed by atoms with Crippen LogP contribution in [0.15, 0.2) is 12.1 Å². The number of anilines is 1. The van der Waals surface area contributed by atoms with Crippen LogP contribution >= 0.6 is 0 Å². The van der Waals surface area contributed by atoms with E-state index in [1.807, 2.05) is 6.07 Å². The molecule has 1 aromatic heterocycles. The fourth-order valence-corrected chi connectivity index (χ4v) is 1.13. The van der Waals surface area contributed by atoms with Crippen molar-refractivity contribution in [3.05, 3.63) is 17.8 Å². The van der Waals surface area contributed by atoms with Gasteiger partial charge < -0.3 is 16.2 Å². The summed E-state index contributed by atoms with van der Waals surface area (Å²) < 4.78 is 5.57. The van der Waals surface area contributed by atoms with Crippen molar-refractivity contribution < 1.29 is 4.74 Å². The van der Waals surface area contributed by atoms with E-state index in [4.69, 9.17) is 16.2 Å². The van der Waals surface area contributed by atoms with Crippen LogP contribution in [-0.2, 0) is 6.54 Å². The number of hydrogen-bond acceptors (Lipinski definition) is 4. The third kappa shape index (κ3) is 2.09. The Morgan fingerprint density at radius 1 is 1.46 bits per heavy atom. The molecule has 1 aliphatic rings. The molecule has 1 fully saturated rings. The summed E-state index contributed by atoms with van der Waals surface area (Å²) in [5.74, 6) is 1.26. The highest BCUT2D eigenvalue weighted by molar-refractivity contribution is 5.39. The van der Waals surface area contributed by atoms with Gasteiger partial charge in [-0.05, 0) is 12.8 Å². The number of ether oxygens (including phenoxy) is 1. The molecule has 0 spiro atoms. The molecule has 4 nitrogen and oxygen atoms in total. The van der Waals surface area contributed by atoms with Crippen molar-refractivity contribution in [2.45, 2.75) is 25.5 Å². The molecule has 1 heterocycles. The highest BCUT2D eigenvalue weighted by Crippen LogP contribution is 2.27. The van der Waals surface area contributed by atoms with E-state index in [9.17, 15) is 0 Å². The Morgan fingerprint density at radius 3 is 2.85 bits per heavy atom. The summed E-state index contributed by atoms with van der Waals surface area (Å²) >= 11 is 0. The molecule has 4 heteroatoms. The lowest BCUT2D eigenvalue weighted by molar-refractivity contribution is 0.302. The number of nitrogen functional groups attached to an aromatic ring is 1. The third-order valence-corrected chi connectivity index (χ3v) is 1.91. The Hall–Kier alpha value is -1.29. The number of hydrogen-bond donors (Lipinski definition) is 2. The molecule has 1 saturated carbocycles. The van der Waals surface area contributed by atoms with Gasteiger partial charge in [-0.2, -0.15) is 0 Å². The molecule has 0 bridgehead atoms. The fourth-order valence-electron chi connectivity index (χ4n) is 1.13. The molecule has 0 radical (unpaired) electrons. The molecule has 1 aliphatic carbocycles. The number of pyridine rings is 1. The Bertz CT molecular complexity index is 310. The maximum absolute atomic E-state index is 5.58. The molecule has 0 atom stereocenters. The van der Waals surface area contributed by atoms with E-state index < -0.39 is 0 Å². The minimum absolute atomic E-state index is 0.382. The zero-order chi connectivity index (χ0) is 9.26. The van der Waals surface area contributed by atoms with Gasteiger partial charge >= 0.3 is 0 Å². The average molecular weight is 179 g/mol. The number of nitrogens with two attached hydrogens (primary N) is 2. The van der Waals surface area contributed by atoms with Crippen molar-refractivity contribution in [1.29, 1.82) is 0 Å². The third-order valence-electron chi connectivity index (χ3n) is 1.91. The normalized spacial score (nSPS) is 15.8. The van der Waals surface area contributed by atoms with E-state index in [0.717, 1.165) is 24.3 Å². The van der Waals surface area contributed by atoms with Gasteiger partial charge in [0.2, 0.25) is 0 Å². The summed E-state index contributed by atoms with van der Waals surface area (Å²) in [5, 5.41) is 0. The van der Waals surface area contributed by atoms with Crippen molar-refractivity contribution in [2.24, 2.45) is 5.73 Å². The molecular formula is C9H13N3O. The summed E-state index contributed by atoms with van der Waals surface area (Å²) in [6.07, 6.45) is 2.66. The van der Waals surface area contributed by atoms with Crippen molar-refractivity contribution in [2.75, 3.05) is 5.73 Å².